The minimum absolute atomic E-state index is 0.0409. The summed E-state index contributed by atoms with van der Waals surface area (Å²) in [5.74, 6) is -1.10. The van der Waals surface area contributed by atoms with Crippen LogP contribution in [0.1, 0.15) is 0 Å². The zero-order valence-electron chi connectivity index (χ0n) is 25.8. The van der Waals surface area contributed by atoms with Gasteiger partial charge in [-0.1, -0.05) is 12.1 Å². The van der Waals surface area contributed by atoms with E-state index in [1.807, 2.05) is 0 Å². The van der Waals surface area contributed by atoms with Gasteiger partial charge in [0.1, 0.15) is 27.7 Å². The third kappa shape index (κ3) is 7.26. The molecule has 0 saturated carbocycles. The number of nitrogens with two attached hydrogens (primary N) is 3. The van der Waals surface area contributed by atoms with Gasteiger partial charge in [0.2, 0.25) is 0 Å². The Balaban J connectivity index is 1.30. The lowest BCUT2D eigenvalue weighted by Gasteiger charge is -2.09. The van der Waals surface area contributed by atoms with Crippen LogP contribution in [0.4, 0.5) is 51.2 Å². The average Bonchev–Trinajstić information content (AvgIpc) is 3.06. The van der Waals surface area contributed by atoms with Crippen molar-refractivity contribution in [1.29, 1.82) is 0 Å². The fraction of sp³-hybridized carbons (Fsp3) is 0. The second kappa shape index (κ2) is 13.1. The standard InChI is InChI=1S/C32H25N9O8S2/c33-18-3-10-26(25(35)13-18)39-38-21-4-1-16-12-28(51(47,48)49)31(32(43)23(16)14-21)41-37-20-7-5-19(6-8-20)36-40-30-24(34)9-2-17-11-22(50(44,45)46)15-27(42)29(17)30/h1-15,42-43H,33-35H2,(H,44,45,46)(H,47,48,49). The highest BCUT2D eigenvalue weighted by molar-refractivity contribution is 7.86. The highest BCUT2D eigenvalue weighted by atomic mass is 32.2. The van der Waals surface area contributed by atoms with E-state index in [1.54, 1.807) is 12.1 Å². The molecule has 51 heavy (non-hydrogen) atoms. The van der Waals surface area contributed by atoms with Gasteiger partial charge in [-0.25, -0.2) is 0 Å². The van der Waals surface area contributed by atoms with Crippen molar-refractivity contribution >= 4 is 93.0 Å². The number of phenols is 2. The molecule has 17 nitrogen and oxygen atoms in total. The van der Waals surface area contributed by atoms with E-state index in [9.17, 15) is 36.2 Å². The van der Waals surface area contributed by atoms with Crippen molar-refractivity contribution in [1.82, 2.24) is 0 Å². The van der Waals surface area contributed by atoms with Crippen LogP contribution < -0.4 is 17.2 Å². The summed E-state index contributed by atoms with van der Waals surface area (Å²) in [6, 6.07) is 21.0. The second-order valence-electron chi connectivity index (χ2n) is 10.9. The lowest BCUT2D eigenvalue weighted by Crippen LogP contribution is -1.99. The maximum Gasteiger partial charge on any atom is 0.296 e. The predicted molar refractivity (Wildman–Crippen MR) is 190 cm³/mol. The SMILES string of the molecule is Nc1ccc(N=Nc2ccc3cc(S(=O)(=O)O)c(N=Nc4ccc(N=Nc5c(N)ccc6cc(S(=O)(=O)O)cc(O)c56)cc4)c(O)c3c2)c(N)c1. The fourth-order valence-electron chi connectivity index (χ4n) is 4.93. The Morgan fingerprint density at radius 1 is 0.529 bits per heavy atom. The predicted octanol–water partition coefficient (Wildman–Crippen LogP) is 7.89. The number of benzene rings is 6. The highest BCUT2D eigenvalue weighted by Crippen LogP contribution is 2.43. The van der Waals surface area contributed by atoms with Gasteiger partial charge in [0.25, 0.3) is 20.2 Å². The topological polar surface area (TPSA) is 301 Å². The quantitative estimate of drug-likeness (QED) is 0.0449. The van der Waals surface area contributed by atoms with E-state index in [0.29, 0.717) is 17.1 Å². The molecule has 0 atom stereocenters. The summed E-state index contributed by atoms with van der Waals surface area (Å²) >= 11 is 0. The van der Waals surface area contributed by atoms with Crippen LogP contribution in [0, 0.1) is 0 Å². The van der Waals surface area contributed by atoms with Crippen molar-refractivity contribution in [2.24, 2.45) is 30.7 Å². The van der Waals surface area contributed by atoms with Gasteiger partial charge >= 0.3 is 0 Å². The molecule has 6 rings (SSSR count). The summed E-state index contributed by atoms with van der Waals surface area (Å²) < 4.78 is 67.0. The minimum Gasteiger partial charge on any atom is -0.507 e. The number of fused-ring (bicyclic) bond motifs is 2. The Morgan fingerprint density at radius 2 is 1.14 bits per heavy atom. The van der Waals surface area contributed by atoms with Crippen LogP contribution >= 0.6 is 0 Å². The molecule has 6 aromatic rings. The Kier molecular flexibility index (Phi) is 8.79. The molecule has 0 spiro atoms. The van der Waals surface area contributed by atoms with E-state index in [0.717, 1.165) is 18.2 Å². The number of nitrogens with zero attached hydrogens (tertiary/aromatic N) is 6. The number of rotatable bonds is 8. The summed E-state index contributed by atoms with van der Waals surface area (Å²) in [6.07, 6.45) is 0. The first-order valence-electron chi connectivity index (χ1n) is 14.4. The van der Waals surface area contributed by atoms with Crippen LogP contribution in [0.25, 0.3) is 21.5 Å². The lowest BCUT2D eigenvalue weighted by atomic mass is 10.1. The Morgan fingerprint density at radius 3 is 1.76 bits per heavy atom. The van der Waals surface area contributed by atoms with Crippen LogP contribution in [0.15, 0.2) is 131 Å². The Bertz CT molecular complexity index is 2700. The highest BCUT2D eigenvalue weighted by Gasteiger charge is 2.22. The molecule has 0 heterocycles. The molecule has 0 unspecified atom stereocenters. The minimum atomic E-state index is -4.87. The molecule has 258 valence electrons. The number of hydrogen-bond acceptors (Lipinski definition) is 15. The first kappa shape index (κ1) is 34.3. The smallest absolute Gasteiger partial charge is 0.296 e. The van der Waals surface area contributed by atoms with E-state index in [2.05, 4.69) is 30.7 Å². The summed E-state index contributed by atoms with van der Waals surface area (Å²) in [4.78, 5) is -1.21. The van der Waals surface area contributed by atoms with Crippen molar-refractivity contribution in [3.05, 3.63) is 91.0 Å². The first-order valence-corrected chi connectivity index (χ1v) is 17.3. The first-order chi connectivity index (χ1) is 24.1. The van der Waals surface area contributed by atoms with Crippen molar-refractivity contribution in [3.8, 4) is 11.5 Å². The molecular formula is C32H25N9O8S2. The van der Waals surface area contributed by atoms with Crippen LogP contribution in [0.2, 0.25) is 0 Å². The molecule has 0 aromatic heterocycles. The normalized spacial score (nSPS) is 12.6. The summed E-state index contributed by atoms with van der Waals surface area (Å²) in [6.45, 7) is 0. The maximum absolute atomic E-state index is 12.3. The van der Waals surface area contributed by atoms with E-state index >= 15 is 0 Å². The number of phenolic OH excluding ortho intramolecular Hbond substituents is 2. The summed E-state index contributed by atoms with van der Waals surface area (Å²) in [5.41, 5.74) is 19.2. The zero-order valence-corrected chi connectivity index (χ0v) is 27.4. The monoisotopic (exact) mass is 727 g/mol. The molecule has 0 aliphatic heterocycles. The molecule has 0 radical (unpaired) electrons. The third-order valence-corrected chi connectivity index (χ3v) is 9.09. The van der Waals surface area contributed by atoms with Crippen molar-refractivity contribution in [3.63, 3.8) is 0 Å². The van der Waals surface area contributed by atoms with Crippen molar-refractivity contribution < 1.29 is 36.2 Å². The van der Waals surface area contributed by atoms with Gasteiger partial charge in [-0.05, 0) is 83.6 Å². The molecule has 10 N–H and O–H groups in total. The van der Waals surface area contributed by atoms with Gasteiger partial charge in [0, 0.05) is 17.1 Å². The third-order valence-electron chi connectivity index (χ3n) is 7.39. The van der Waals surface area contributed by atoms with Crippen LogP contribution in [-0.2, 0) is 20.2 Å². The van der Waals surface area contributed by atoms with E-state index < -0.39 is 47.2 Å². The molecule has 0 fully saturated rings. The Labute approximate surface area is 288 Å². The number of nitrogen functional groups attached to an aromatic ring is 3. The lowest BCUT2D eigenvalue weighted by molar-refractivity contribution is 0.471. The molecule has 0 amide bonds. The van der Waals surface area contributed by atoms with E-state index in [1.165, 1.54) is 60.7 Å². The molecule has 19 heteroatoms. The van der Waals surface area contributed by atoms with E-state index in [4.69, 9.17) is 17.2 Å². The Hall–Kier alpha value is -6.54. The van der Waals surface area contributed by atoms with E-state index in [-0.39, 0.29) is 50.0 Å². The number of azo groups is 3. The molecule has 0 aliphatic rings. The van der Waals surface area contributed by atoms with Gasteiger partial charge in [0.05, 0.1) is 38.7 Å². The van der Waals surface area contributed by atoms with Crippen LogP contribution in [0.3, 0.4) is 0 Å². The van der Waals surface area contributed by atoms with Crippen molar-refractivity contribution in [2.45, 2.75) is 9.79 Å². The number of aromatic hydroxyl groups is 2. The van der Waals surface area contributed by atoms with Crippen molar-refractivity contribution in [2.75, 3.05) is 17.2 Å². The van der Waals surface area contributed by atoms with Gasteiger partial charge in [-0.15, -0.1) is 15.3 Å². The van der Waals surface area contributed by atoms with Crippen LogP contribution in [0.5, 0.6) is 11.5 Å². The summed E-state index contributed by atoms with van der Waals surface area (Å²) in [7, 11) is -9.46. The average molecular weight is 728 g/mol. The number of hydrogen-bond donors (Lipinski definition) is 7. The molecule has 0 bridgehead atoms. The largest absolute Gasteiger partial charge is 0.507 e. The second-order valence-corrected chi connectivity index (χ2v) is 13.7. The van der Waals surface area contributed by atoms with Gasteiger partial charge in [-0.2, -0.15) is 32.2 Å². The molecule has 0 aliphatic carbocycles. The van der Waals surface area contributed by atoms with Gasteiger partial charge in [-0.3, -0.25) is 9.11 Å². The molecular weight excluding hydrogens is 703 g/mol. The molecule has 0 saturated heterocycles. The maximum atomic E-state index is 12.3. The van der Waals surface area contributed by atoms with Crippen LogP contribution in [-0.4, -0.2) is 36.2 Å². The zero-order chi connectivity index (χ0) is 36.7. The van der Waals surface area contributed by atoms with Gasteiger partial charge in [0.15, 0.2) is 5.75 Å². The fourth-order valence-corrected chi connectivity index (χ4v) is 6.13. The number of anilines is 3. The van der Waals surface area contributed by atoms with Gasteiger partial charge < -0.3 is 27.4 Å². The molecule has 6 aromatic carbocycles. The summed E-state index contributed by atoms with van der Waals surface area (Å²) in [5, 5.41) is 46.8.